The fraction of sp³-hybridized carbons (Fsp3) is 0.889. The van der Waals surface area contributed by atoms with Crippen LogP contribution in [-0.2, 0) is 0 Å². The van der Waals surface area contributed by atoms with Gasteiger partial charge < -0.3 is 5.32 Å². The highest BCUT2D eigenvalue weighted by Crippen LogP contribution is 2.38. The zero-order chi connectivity index (χ0) is 14.4. The summed E-state index contributed by atoms with van der Waals surface area (Å²) in [5.74, 6) is 3.31. The highest BCUT2D eigenvalue weighted by atomic mass is 14.9. The lowest BCUT2D eigenvalue weighted by Gasteiger charge is -2.28. The van der Waals surface area contributed by atoms with Crippen LogP contribution in [0.15, 0.2) is 12.3 Å². The van der Waals surface area contributed by atoms with Crippen LogP contribution in [0.4, 0.5) is 0 Å². The lowest BCUT2D eigenvalue weighted by atomic mass is 9.78. The van der Waals surface area contributed by atoms with Gasteiger partial charge in [-0.25, -0.2) is 0 Å². The van der Waals surface area contributed by atoms with Crippen molar-refractivity contribution >= 4 is 0 Å². The molecular formula is C18H35N. The molecule has 0 aromatic rings. The fourth-order valence-electron chi connectivity index (χ4n) is 3.65. The maximum absolute atomic E-state index is 4.16. The summed E-state index contributed by atoms with van der Waals surface area (Å²) in [6.07, 6.45) is 8.19. The molecule has 0 saturated heterocycles. The van der Waals surface area contributed by atoms with E-state index < -0.39 is 0 Å². The minimum absolute atomic E-state index is 0.556. The monoisotopic (exact) mass is 265 g/mol. The Labute approximate surface area is 121 Å². The van der Waals surface area contributed by atoms with Crippen LogP contribution in [0.1, 0.15) is 73.1 Å². The molecule has 0 heterocycles. The topological polar surface area (TPSA) is 12.0 Å². The molecule has 0 bridgehead atoms. The zero-order valence-electron chi connectivity index (χ0n) is 13.8. The molecule has 1 saturated carbocycles. The van der Waals surface area contributed by atoms with E-state index in [-0.39, 0.29) is 0 Å². The van der Waals surface area contributed by atoms with Crippen molar-refractivity contribution in [3.8, 4) is 0 Å². The van der Waals surface area contributed by atoms with Gasteiger partial charge in [-0.05, 0) is 42.9 Å². The molecule has 0 aromatic carbocycles. The first-order valence-corrected chi connectivity index (χ1v) is 8.44. The molecule has 0 amide bonds. The number of rotatable bonds is 8. The Morgan fingerprint density at radius 3 is 2.42 bits per heavy atom. The standard InChI is InChI=1S/C18H35N/c1-7-9-16(8-2)14(5)17-10-11-18(12-17)19-15(6)13(3)4/h13-14,16-19H,6-12H2,1-5H3. The molecule has 0 aliphatic heterocycles. The summed E-state index contributed by atoms with van der Waals surface area (Å²) in [4.78, 5) is 0. The third-order valence-electron chi connectivity index (χ3n) is 5.23. The van der Waals surface area contributed by atoms with Gasteiger partial charge in [0.2, 0.25) is 0 Å². The summed E-state index contributed by atoms with van der Waals surface area (Å²) in [5.41, 5.74) is 1.22. The molecule has 1 fully saturated rings. The van der Waals surface area contributed by atoms with Gasteiger partial charge in [0, 0.05) is 11.7 Å². The molecule has 1 nitrogen and oxygen atoms in total. The molecular weight excluding hydrogens is 230 g/mol. The Morgan fingerprint density at radius 2 is 1.89 bits per heavy atom. The summed E-state index contributed by atoms with van der Waals surface area (Å²) >= 11 is 0. The summed E-state index contributed by atoms with van der Waals surface area (Å²) in [7, 11) is 0. The van der Waals surface area contributed by atoms with Crippen molar-refractivity contribution in [1.29, 1.82) is 0 Å². The molecule has 1 heteroatoms. The van der Waals surface area contributed by atoms with Crippen LogP contribution in [0, 0.1) is 23.7 Å². The third-order valence-corrected chi connectivity index (χ3v) is 5.23. The van der Waals surface area contributed by atoms with Crippen molar-refractivity contribution in [1.82, 2.24) is 5.32 Å². The van der Waals surface area contributed by atoms with E-state index in [2.05, 4.69) is 46.5 Å². The van der Waals surface area contributed by atoms with Crippen molar-refractivity contribution in [2.45, 2.75) is 79.2 Å². The minimum Gasteiger partial charge on any atom is -0.386 e. The smallest absolute Gasteiger partial charge is 0.0261 e. The van der Waals surface area contributed by atoms with Crippen LogP contribution in [0.5, 0.6) is 0 Å². The summed E-state index contributed by atoms with van der Waals surface area (Å²) in [6.45, 7) is 15.8. The van der Waals surface area contributed by atoms with E-state index in [4.69, 9.17) is 0 Å². The van der Waals surface area contributed by atoms with E-state index in [1.165, 1.54) is 44.2 Å². The number of allylic oxidation sites excluding steroid dienone is 1. The molecule has 0 aromatic heterocycles. The summed E-state index contributed by atoms with van der Waals surface area (Å²) < 4.78 is 0. The maximum Gasteiger partial charge on any atom is 0.0261 e. The molecule has 4 atom stereocenters. The number of nitrogens with one attached hydrogen (secondary N) is 1. The first kappa shape index (κ1) is 16.6. The van der Waals surface area contributed by atoms with E-state index in [1.54, 1.807) is 0 Å². The number of hydrogen-bond donors (Lipinski definition) is 1. The second-order valence-electron chi connectivity index (χ2n) is 6.91. The largest absolute Gasteiger partial charge is 0.386 e. The molecule has 0 radical (unpaired) electrons. The van der Waals surface area contributed by atoms with Gasteiger partial charge in [-0.15, -0.1) is 0 Å². The van der Waals surface area contributed by atoms with E-state index in [0.29, 0.717) is 12.0 Å². The molecule has 0 spiro atoms. The lowest BCUT2D eigenvalue weighted by Crippen LogP contribution is -2.28. The molecule has 1 rings (SSSR count). The summed E-state index contributed by atoms with van der Waals surface area (Å²) in [6, 6.07) is 0.682. The molecule has 112 valence electrons. The van der Waals surface area contributed by atoms with Crippen LogP contribution < -0.4 is 5.32 Å². The highest BCUT2D eigenvalue weighted by Gasteiger charge is 2.31. The van der Waals surface area contributed by atoms with Crippen molar-refractivity contribution in [2.75, 3.05) is 0 Å². The Bertz CT molecular complexity index is 269. The summed E-state index contributed by atoms with van der Waals surface area (Å²) in [5, 5.41) is 3.66. The second kappa shape index (κ2) is 7.97. The Morgan fingerprint density at radius 1 is 1.21 bits per heavy atom. The predicted octanol–water partition coefficient (Wildman–Crippen LogP) is 5.38. The molecule has 1 N–H and O–H groups in total. The fourth-order valence-corrected chi connectivity index (χ4v) is 3.65. The maximum atomic E-state index is 4.16. The SMILES string of the molecule is C=C(NC1CCC(C(C)C(CC)CCC)C1)C(C)C. The van der Waals surface area contributed by atoms with Crippen molar-refractivity contribution in [2.24, 2.45) is 23.7 Å². The first-order valence-electron chi connectivity index (χ1n) is 8.44. The van der Waals surface area contributed by atoms with Gasteiger partial charge in [-0.3, -0.25) is 0 Å². The van der Waals surface area contributed by atoms with Crippen molar-refractivity contribution in [3.05, 3.63) is 12.3 Å². The van der Waals surface area contributed by atoms with Gasteiger partial charge in [0.1, 0.15) is 0 Å². The van der Waals surface area contributed by atoms with Gasteiger partial charge in [-0.1, -0.05) is 60.5 Å². The normalized spacial score (nSPS) is 26.4. The third kappa shape index (κ3) is 4.85. The number of hydrogen-bond acceptors (Lipinski definition) is 1. The van der Waals surface area contributed by atoms with Gasteiger partial charge >= 0.3 is 0 Å². The molecule has 1 aliphatic carbocycles. The average molecular weight is 265 g/mol. The van der Waals surface area contributed by atoms with E-state index >= 15 is 0 Å². The van der Waals surface area contributed by atoms with E-state index in [0.717, 1.165) is 17.8 Å². The van der Waals surface area contributed by atoms with Crippen LogP contribution in [0.25, 0.3) is 0 Å². The van der Waals surface area contributed by atoms with Crippen molar-refractivity contribution in [3.63, 3.8) is 0 Å². The van der Waals surface area contributed by atoms with Crippen LogP contribution in [0.3, 0.4) is 0 Å². The Hall–Kier alpha value is -0.460. The highest BCUT2D eigenvalue weighted by molar-refractivity contribution is 4.99. The zero-order valence-corrected chi connectivity index (χ0v) is 13.8. The van der Waals surface area contributed by atoms with Gasteiger partial charge in [0.15, 0.2) is 0 Å². The average Bonchev–Trinajstić information content (AvgIpc) is 2.83. The quantitative estimate of drug-likeness (QED) is 0.621. The van der Waals surface area contributed by atoms with Crippen LogP contribution >= 0.6 is 0 Å². The van der Waals surface area contributed by atoms with Crippen molar-refractivity contribution < 1.29 is 0 Å². The minimum atomic E-state index is 0.556. The van der Waals surface area contributed by atoms with Gasteiger partial charge in [0.05, 0.1) is 0 Å². The van der Waals surface area contributed by atoms with Crippen LogP contribution in [0.2, 0.25) is 0 Å². The first-order chi connectivity index (χ1) is 8.99. The lowest BCUT2D eigenvalue weighted by molar-refractivity contribution is 0.227. The molecule has 19 heavy (non-hydrogen) atoms. The predicted molar refractivity (Wildman–Crippen MR) is 86.1 cm³/mol. The molecule has 1 aliphatic rings. The van der Waals surface area contributed by atoms with E-state index in [9.17, 15) is 0 Å². The second-order valence-corrected chi connectivity index (χ2v) is 6.91. The van der Waals surface area contributed by atoms with Gasteiger partial charge in [-0.2, -0.15) is 0 Å². The Balaban J connectivity index is 2.44. The van der Waals surface area contributed by atoms with E-state index in [1.807, 2.05) is 0 Å². The van der Waals surface area contributed by atoms with Crippen LogP contribution in [-0.4, -0.2) is 6.04 Å². The molecule has 4 unspecified atom stereocenters. The Kier molecular flexibility index (Phi) is 6.96. The van der Waals surface area contributed by atoms with Gasteiger partial charge in [0.25, 0.3) is 0 Å².